The molecule has 0 spiro atoms. The maximum absolute atomic E-state index is 4.49. The lowest BCUT2D eigenvalue weighted by molar-refractivity contribution is 0.881. The fourth-order valence-corrected chi connectivity index (χ4v) is 3.45. The van der Waals surface area contributed by atoms with Crippen molar-refractivity contribution < 1.29 is 0 Å². The van der Waals surface area contributed by atoms with E-state index in [0.29, 0.717) is 0 Å². The van der Waals surface area contributed by atoms with E-state index in [0.717, 1.165) is 23.8 Å². The van der Waals surface area contributed by atoms with Crippen molar-refractivity contribution in [3.63, 3.8) is 0 Å². The van der Waals surface area contributed by atoms with Gasteiger partial charge < -0.3 is 0 Å². The summed E-state index contributed by atoms with van der Waals surface area (Å²) in [6.07, 6.45) is 9.92. The molecule has 3 aromatic rings. The van der Waals surface area contributed by atoms with Crippen LogP contribution in [0.25, 0.3) is 5.69 Å². The summed E-state index contributed by atoms with van der Waals surface area (Å²) in [4.78, 5) is 4.49. The minimum atomic E-state index is 1.05. The summed E-state index contributed by atoms with van der Waals surface area (Å²) in [6, 6.07) is 6.59. The highest BCUT2D eigenvalue weighted by Crippen LogP contribution is 2.23. The zero-order valence-electron chi connectivity index (χ0n) is 12.9. The van der Waals surface area contributed by atoms with Crippen LogP contribution in [0.4, 0.5) is 0 Å². The first-order chi connectivity index (χ1) is 10.7. The summed E-state index contributed by atoms with van der Waals surface area (Å²) in [5.74, 6) is 1.05. The maximum Gasteiger partial charge on any atom is 0.172 e. The van der Waals surface area contributed by atoms with E-state index < -0.39 is 0 Å². The third-order valence-electron chi connectivity index (χ3n) is 3.49. The monoisotopic (exact) mass is 312 g/mol. The van der Waals surface area contributed by atoms with Crippen molar-refractivity contribution in [2.45, 2.75) is 31.8 Å². The molecule has 0 saturated carbocycles. The second-order valence-electron chi connectivity index (χ2n) is 5.48. The molecule has 0 saturated heterocycles. The summed E-state index contributed by atoms with van der Waals surface area (Å²) < 4.78 is 2.17. The van der Waals surface area contributed by atoms with Crippen LogP contribution in [0.2, 0.25) is 0 Å². The van der Waals surface area contributed by atoms with Gasteiger partial charge in [-0.05, 0) is 55.5 Å². The predicted molar refractivity (Wildman–Crippen MR) is 90.7 cm³/mol. The molecule has 2 heterocycles. The molecule has 4 nitrogen and oxygen atoms in total. The fourth-order valence-electron chi connectivity index (χ4n) is 2.54. The van der Waals surface area contributed by atoms with E-state index >= 15 is 0 Å². The number of hydrogen-bond donors (Lipinski definition) is 1. The molecule has 0 amide bonds. The standard InChI is InChI=1S/C17H20N4S/c1-13-8-14(2)10-16(9-13)21-6-5-18-17(21)22-7-3-4-15-11-19-20-12-15/h5-6,8-12H,3-4,7H2,1-2H3,(H,19,20). The van der Waals surface area contributed by atoms with Gasteiger partial charge in [-0.15, -0.1) is 0 Å². The second kappa shape index (κ2) is 6.83. The number of aromatic amines is 1. The smallest absolute Gasteiger partial charge is 0.172 e. The van der Waals surface area contributed by atoms with Crippen LogP contribution in [0.1, 0.15) is 23.1 Å². The Morgan fingerprint density at radius 1 is 1.18 bits per heavy atom. The average Bonchev–Trinajstić information content (AvgIpc) is 3.14. The molecule has 0 aliphatic rings. The Bertz CT molecular complexity index is 711. The number of nitrogens with zero attached hydrogens (tertiary/aromatic N) is 3. The number of benzene rings is 1. The minimum Gasteiger partial charge on any atom is -0.295 e. The first-order valence-electron chi connectivity index (χ1n) is 7.45. The highest BCUT2D eigenvalue weighted by molar-refractivity contribution is 7.99. The maximum atomic E-state index is 4.49. The number of hydrogen-bond acceptors (Lipinski definition) is 3. The normalized spacial score (nSPS) is 11.0. The van der Waals surface area contributed by atoms with Crippen molar-refractivity contribution >= 4 is 11.8 Å². The van der Waals surface area contributed by atoms with Gasteiger partial charge in [0.15, 0.2) is 5.16 Å². The van der Waals surface area contributed by atoms with E-state index in [1.807, 2.05) is 24.8 Å². The van der Waals surface area contributed by atoms with Crippen molar-refractivity contribution in [3.8, 4) is 5.69 Å². The van der Waals surface area contributed by atoms with Crippen LogP contribution >= 0.6 is 11.8 Å². The van der Waals surface area contributed by atoms with E-state index in [4.69, 9.17) is 0 Å². The molecule has 2 aromatic heterocycles. The van der Waals surface area contributed by atoms with E-state index in [1.165, 1.54) is 22.4 Å². The Hall–Kier alpha value is -2.01. The number of aryl methyl sites for hydroxylation is 3. The van der Waals surface area contributed by atoms with E-state index in [9.17, 15) is 0 Å². The predicted octanol–water partition coefficient (Wildman–Crippen LogP) is 3.94. The van der Waals surface area contributed by atoms with Crippen molar-refractivity contribution in [1.29, 1.82) is 0 Å². The molecule has 0 aliphatic carbocycles. The minimum absolute atomic E-state index is 1.05. The molecule has 0 radical (unpaired) electrons. The zero-order chi connectivity index (χ0) is 15.4. The number of aromatic nitrogens is 4. The molecule has 1 N–H and O–H groups in total. The lowest BCUT2D eigenvalue weighted by Crippen LogP contribution is -1.97. The lowest BCUT2D eigenvalue weighted by atomic mass is 10.1. The lowest BCUT2D eigenvalue weighted by Gasteiger charge is -2.09. The van der Waals surface area contributed by atoms with Crippen LogP contribution in [0.15, 0.2) is 48.1 Å². The van der Waals surface area contributed by atoms with Crippen LogP contribution in [0.3, 0.4) is 0 Å². The van der Waals surface area contributed by atoms with E-state index in [1.54, 1.807) is 11.8 Å². The molecule has 0 fully saturated rings. The van der Waals surface area contributed by atoms with Crippen molar-refractivity contribution in [3.05, 3.63) is 59.7 Å². The van der Waals surface area contributed by atoms with Crippen molar-refractivity contribution in [2.75, 3.05) is 5.75 Å². The summed E-state index contributed by atoms with van der Waals surface area (Å²) in [5, 5.41) is 7.88. The van der Waals surface area contributed by atoms with Crippen LogP contribution in [0, 0.1) is 13.8 Å². The molecule has 0 unspecified atom stereocenters. The summed E-state index contributed by atoms with van der Waals surface area (Å²) in [6.45, 7) is 4.26. The highest BCUT2D eigenvalue weighted by atomic mass is 32.2. The molecule has 3 rings (SSSR count). The van der Waals surface area contributed by atoms with Gasteiger partial charge in [0.1, 0.15) is 0 Å². The van der Waals surface area contributed by atoms with Gasteiger partial charge in [-0.25, -0.2) is 4.98 Å². The Balaban J connectivity index is 1.64. The third-order valence-corrected chi connectivity index (χ3v) is 4.54. The number of thioether (sulfide) groups is 1. The first kappa shape index (κ1) is 14.9. The average molecular weight is 312 g/mol. The van der Waals surface area contributed by atoms with Gasteiger partial charge in [-0.1, -0.05) is 17.8 Å². The van der Waals surface area contributed by atoms with E-state index in [2.05, 4.69) is 51.8 Å². The van der Waals surface area contributed by atoms with Gasteiger partial charge >= 0.3 is 0 Å². The van der Waals surface area contributed by atoms with Crippen molar-refractivity contribution in [2.24, 2.45) is 0 Å². The fraction of sp³-hybridized carbons (Fsp3) is 0.294. The molecule has 5 heteroatoms. The van der Waals surface area contributed by atoms with Gasteiger partial charge in [0, 0.05) is 30.0 Å². The topological polar surface area (TPSA) is 46.5 Å². The summed E-state index contributed by atoms with van der Waals surface area (Å²) in [7, 11) is 0. The molecule has 22 heavy (non-hydrogen) atoms. The number of nitrogens with one attached hydrogen (secondary N) is 1. The quantitative estimate of drug-likeness (QED) is 0.554. The Morgan fingerprint density at radius 2 is 2.00 bits per heavy atom. The van der Waals surface area contributed by atoms with Gasteiger partial charge in [0.25, 0.3) is 0 Å². The molecule has 0 aliphatic heterocycles. The van der Waals surface area contributed by atoms with Gasteiger partial charge in [0.2, 0.25) is 0 Å². The van der Waals surface area contributed by atoms with Crippen molar-refractivity contribution in [1.82, 2.24) is 19.7 Å². The molecule has 114 valence electrons. The molecular weight excluding hydrogens is 292 g/mol. The number of rotatable bonds is 6. The number of imidazole rings is 1. The molecular formula is C17H20N4S. The molecule has 1 aromatic carbocycles. The number of H-pyrrole nitrogens is 1. The zero-order valence-corrected chi connectivity index (χ0v) is 13.7. The Labute approximate surface area is 135 Å². The second-order valence-corrected chi connectivity index (χ2v) is 6.55. The van der Waals surface area contributed by atoms with Crippen LogP contribution in [-0.4, -0.2) is 25.5 Å². The molecule has 0 atom stereocenters. The van der Waals surface area contributed by atoms with Gasteiger partial charge in [0.05, 0.1) is 6.20 Å². The van der Waals surface area contributed by atoms with Gasteiger partial charge in [-0.2, -0.15) is 5.10 Å². The highest BCUT2D eigenvalue weighted by Gasteiger charge is 2.07. The Morgan fingerprint density at radius 3 is 2.73 bits per heavy atom. The first-order valence-corrected chi connectivity index (χ1v) is 8.43. The Kier molecular flexibility index (Phi) is 4.63. The summed E-state index contributed by atoms with van der Waals surface area (Å²) >= 11 is 1.80. The SMILES string of the molecule is Cc1cc(C)cc(-n2ccnc2SCCCc2cn[nH]c2)c1. The summed E-state index contributed by atoms with van der Waals surface area (Å²) in [5.41, 5.74) is 5.00. The van der Waals surface area contributed by atoms with Crippen LogP contribution < -0.4 is 0 Å². The van der Waals surface area contributed by atoms with Gasteiger partial charge in [-0.3, -0.25) is 9.67 Å². The third kappa shape index (κ3) is 3.60. The van der Waals surface area contributed by atoms with Crippen LogP contribution in [0.5, 0.6) is 0 Å². The van der Waals surface area contributed by atoms with Crippen LogP contribution in [-0.2, 0) is 6.42 Å². The van der Waals surface area contributed by atoms with E-state index in [-0.39, 0.29) is 0 Å². The largest absolute Gasteiger partial charge is 0.295 e. The molecule has 0 bridgehead atoms.